The van der Waals surface area contributed by atoms with E-state index < -0.39 is 0 Å². The molecular formula is C21H44N2O. The minimum atomic E-state index is 0.272. The van der Waals surface area contributed by atoms with Gasteiger partial charge in [-0.25, -0.2) is 4.99 Å². The van der Waals surface area contributed by atoms with Crippen LogP contribution in [0.4, 0.5) is 0 Å². The summed E-state index contributed by atoms with van der Waals surface area (Å²) in [6.45, 7) is 11.4. The Morgan fingerprint density at radius 2 is 1.21 bits per heavy atom. The maximum absolute atomic E-state index is 5.79. The third-order valence-electron chi connectivity index (χ3n) is 4.02. The maximum Gasteiger partial charge on any atom is 0.285 e. The lowest BCUT2D eigenvalue weighted by molar-refractivity contribution is 0.272. The molecule has 0 amide bonds. The zero-order valence-corrected chi connectivity index (χ0v) is 17.2. The van der Waals surface area contributed by atoms with E-state index in [0.29, 0.717) is 12.1 Å². The number of hydrogen-bond acceptors (Lipinski definition) is 2. The minimum Gasteiger partial charge on any atom is -0.465 e. The summed E-state index contributed by atoms with van der Waals surface area (Å²) in [7, 11) is 0. The van der Waals surface area contributed by atoms with Gasteiger partial charge < -0.3 is 10.1 Å². The van der Waals surface area contributed by atoms with Crippen LogP contribution in [0.1, 0.15) is 112 Å². The first-order valence-corrected chi connectivity index (χ1v) is 10.5. The third kappa shape index (κ3) is 17.6. The number of unbranched alkanes of at least 4 members (excludes halogenated alkanes) is 11. The molecule has 3 nitrogen and oxygen atoms in total. The molecule has 0 fully saturated rings. The summed E-state index contributed by atoms with van der Waals surface area (Å²) in [5.41, 5.74) is 0. The molecule has 0 aromatic carbocycles. The summed E-state index contributed by atoms with van der Waals surface area (Å²) in [4.78, 5) is 4.49. The second kappa shape index (κ2) is 17.1. The molecule has 144 valence electrons. The highest BCUT2D eigenvalue weighted by Gasteiger charge is 2.03. The molecule has 0 aliphatic heterocycles. The van der Waals surface area contributed by atoms with Crippen molar-refractivity contribution in [3.63, 3.8) is 0 Å². The number of nitrogens with zero attached hydrogens (tertiary/aromatic N) is 1. The predicted molar refractivity (Wildman–Crippen MR) is 108 cm³/mol. The molecule has 0 rings (SSSR count). The first kappa shape index (κ1) is 23.3. The van der Waals surface area contributed by atoms with E-state index in [-0.39, 0.29) is 6.04 Å². The Balaban J connectivity index is 3.43. The van der Waals surface area contributed by atoms with Gasteiger partial charge in [0.25, 0.3) is 6.02 Å². The molecule has 0 saturated carbocycles. The van der Waals surface area contributed by atoms with Gasteiger partial charge >= 0.3 is 0 Å². The van der Waals surface area contributed by atoms with Gasteiger partial charge in [0.05, 0.1) is 6.61 Å². The summed E-state index contributed by atoms with van der Waals surface area (Å²) >= 11 is 0. The molecule has 0 saturated heterocycles. The van der Waals surface area contributed by atoms with E-state index in [0.717, 1.165) is 13.0 Å². The van der Waals surface area contributed by atoms with E-state index in [2.05, 4.69) is 44.9 Å². The zero-order chi connectivity index (χ0) is 18.0. The van der Waals surface area contributed by atoms with Crippen LogP contribution in [0.2, 0.25) is 0 Å². The summed E-state index contributed by atoms with van der Waals surface area (Å²) < 4.78 is 5.79. The molecule has 0 aromatic rings. The largest absolute Gasteiger partial charge is 0.465 e. The summed E-state index contributed by atoms with van der Waals surface area (Å²) in [5.74, 6) is 0. The van der Waals surface area contributed by atoms with E-state index >= 15 is 0 Å². The van der Waals surface area contributed by atoms with Crippen molar-refractivity contribution in [2.45, 2.75) is 124 Å². The molecule has 0 radical (unpaired) electrons. The van der Waals surface area contributed by atoms with Gasteiger partial charge in [-0.1, -0.05) is 77.6 Å². The Morgan fingerprint density at radius 3 is 1.62 bits per heavy atom. The molecular weight excluding hydrogens is 296 g/mol. The monoisotopic (exact) mass is 340 g/mol. The zero-order valence-electron chi connectivity index (χ0n) is 17.2. The average molecular weight is 341 g/mol. The highest BCUT2D eigenvalue weighted by molar-refractivity contribution is 5.73. The number of amidine groups is 1. The van der Waals surface area contributed by atoms with Gasteiger partial charge in [0, 0.05) is 12.1 Å². The quantitative estimate of drug-likeness (QED) is 0.211. The lowest BCUT2D eigenvalue weighted by Gasteiger charge is -2.15. The van der Waals surface area contributed by atoms with Crippen molar-refractivity contribution in [3.05, 3.63) is 0 Å². The van der Waals surface area contributed by atoms with Crippen LogP contribution in [0, 0.1) is 0 Å². The summed E-state index contributed by atoms with van der Waals surface area (Å²) in [5, 5.41) is 3.28. The molecule has 1 N–H and O–H groups in total. The molecule has 0 unspecified atom stereocenters. The van der Waals surface area contributed by atoms with Crippen molar-refractivity contribution in [1.29, 1.82) is 0 Å². The van der Waals surface area contributed by atoms with Crippen LogP contribution >= 0.6 is 0 Å². The average Bonchev–Trinajstić information content (AvgIpc) is 2.50. The van der Waals surface area contributed by atoms with Gasteiger partial charge in [-0.15, -0.1) is 0 Å². The van der Waals surface area contributed by atoms with Crippen molar-refractivity contribution in [2.24, 2.45) is 4.99 Å². The van der Waals surface area contributed by atoms with Crippen molar-refractivity contribution in [3.8, 4) is 0 Å². The van der Waals surface area contributed by atoms with E-state index in [1.54, 1.807) is 0 Å². The van der Waals surface area contributed by atoms with Gasteiger partial charge in [0.1, 0.15) is 0 Å². The number of nitrogens with one attached hydrogen (secondary N) is 1. The van der Waals surface area contributed by atoms with E-state index in [1.165, 1.54) is 70.6 Å². The predicted octanol–water partition coefficient (Wildman–Crippen LogP) is 6.47. The Morgan fingerprint density at radius 1 is 0.750 bits per heavy atom. The van der Waals surface area contributed by atoms with Crippen LogP contribution in [0.15, 0.2) is 4.99 Å². The lowest BCUT2D eigenvalue weighted by Crippen LogP contribution is -2.33. The minimum absolute atomic E-state index is 0.272. The lowest BCUT2D eigenvalue weighted by atomic mass is 10.1. The fraction of sp³-hybridized carbons (Fsp3) is 0.952. The van der Waals surface area contributed by atoms with Crippen molar-refractivity contribution >= 4 is 6.02 Å². The second-order valence-electron chi connectivity index (χ2n) is 7.56. The van der Waals surface area contributed by atoms with Crippen LogP contribution in [-0.2, 0) is 4.74 Å². The first-order valence-electron chi connectivity index (χ1n) is 10.5. The number of ether oxygens (including phenoxy) is 1. The topological polar surface area (TPSA) is 33.6 Å². The normalized spacial score (nSPS) is 12.2. The van der Waals surface area contributed by atoms with Gasteiger partial charge in [-0.3, -0.25) is 0 Å². The van der Waals surface area contributed by atoms with Crippen LogP contribution < -0.4 is 5.32 Å². The fourth-order valence-electron chi connectivity index (χ4n) is 2.71. The molecule has 0 heterocycles. The molecule has 0 aromatic heterocycles. The molecule has 0 aliphatic carbocycles. The third-order valence-corrected chi connectivity index (χ3v) is 4.02. The van der Waals surface area contributed by atoms with Crippen molar-refractivity contribution in [1.82, 2.24) is 5.32 Å². The smallest absolute Gasteiger partial charge is 0.285 e. The Bertz CT molecular complexity index is 288. The number of rotatable bonds is 15. The van der Waals surface area contributed by atoms with Gasteiger partial charge in [0.2, 0.25) is 0 Å². The van der Waals surface area contributed by atoms with Gasteiger partial charge in [-0.2, -0.15) is 0 Å². The molecule has 0 aliphatic rings. The highest BCUT2D eigenvalue weighted by atomic mass is 16.5. The molecule has 0 spiro atoms. The second-order valence-corrected chi connectivity index (χ2v) is 7.56. The van der Waals surface area contributed by atoms with Gasteiger partial charge in [0.15, 0.2) is 0 Å². The molecule has 24 heavy (non-hydrogen) atoms. The van der Waals surface area contributed by atoms with Crippen LogP contribution in [0.5, 0.6) is 0 Å². The van der Waals surface area contributed by atoms with Crippen LogP contribution in [0.3, 0.4) is 0 Å². The van der Waals surface area contributed by atoms with Gasteiger partial charge in [-0.05, 0) is 34.1 Å². The number of aliphatic imine (C=N–C) groups is 1. The van der Waals surface area contributed by atoms with E-state index in [1.807, 2.05) is 0 Å². The molecule has 3 heteroatoms. The summed E-state index contributed by atoms with van der Waals surface area (Å²) in [6, 6.07) is 1.35. The summed E-state index contributed by atoms with van der Waals surface area (Å²) in [6.07, 6.45) is 16.5. The SMILES string of the molecule is CCCCCCCCCCCCCCOC(=NC(C)C)NC(C)C. The fourth-order valence-corrected chi connectivity index (χ4v) is 2.71. The Hall–Kier alpha value is -0.730. The standard InChI is InChI=1S/C21H44N2O/c1-6-7-8-9-10-11-12-13-14-15-16-17-18-24-21(22-19(2)3)23-20(4)5/h19-20H,6-18H2,1-5H3,(H,22,23). The maximum atomic E-state index is 5.79. The highest BCUT2D eigenvalue weighted by Crippen LogP contribution is 2.11. The Labute approximate surface area is 152 Å². The van der Waals surface area contributed by atoms with Crippen molar-refractivity contribution in [2.75, 3.05) is 6.61 Å². The number of hydrogen-bond donors (Lipinski definition) is 1. The van der Waals surface area contributed by atoms with E-state index in [9.17, 15) is 0 Å². The molecule has 0 atom stereocenters. The van der Waals surface area contributed by atoms with Crippen LogP contribution in [0.25, 0.3) is 0 Å². The van der Waals surface area contributed by atoms with Crippen molar-refractivity contribution < 1.29 is 4.74 Å². The Kier molecular flexibility index (Phi) is 16.6. The van der Waals surface area contributed by atoms with E-state index in [4.69, 9.17) is 4.74 Å². The molecule has 0 bridgehead atoms. The first-order chi connectivity index (χ1) is 11.6. The van der Waals surface area contributed by atoms with Crippen LogP contribution in [-0.4, -0.2) is 24.7 Å².